The third-order valence-corrected chi connectivity index (χ3v) is 7.09. The summed E-state index contributed by atoms with van der Waals surface area (Å²) in [6.45, 7) is 1.80. The molecule has 0 aliphatic heterocycles. The highest BCUT2D eigenvalue weighted by Gasteiger charge is 2.18. The third kappa shape index (κ3) is 8.21. The number of carbonyl (C=O) groups is 3. The van der Waals surface area contributed by atoms with Crippen molar-refractivity contribution >= 4 is 47.1 Å². The van der Waals surface area contributed by atoms with Crippen LogP contribution in [0.15, 0.2) is 108 Å². The number of nitrogens with zero attached hydrogens (tertiary/aromatic N) is 1. The third-order valence-electron chi connectivity index (χ3n) is 5.98. The van der Waals surface area contributed by atoms with Gasteiger partial charge in [0.2, 0.25) is 5.91 Å². The minimum absolute atomic E-state index is 0.00803. The Balaban J connectivity index is 1.50. The van der Waals surface area contributed by atoms with Gasteiger partial charge >= 0.3 is 0 Å². The number of thioether (sulfide) groups is 1. The van der Waals surface area contributed by atoms with Gasteiger partial charge in [0.1, 0.15) is 23.0 Å². The highest BCUT2D eigenvalue weighted by molar-refractivity contribution is 8.00. The summed E-state index contributed by atoms with van der Waals surface area (Å²) in [4.78, 5) is 43.9. The number of ether oxygens (including phenoxy) is 2. The van der Waals surface area contributed by atoms with Gasteiger partial charge in [-0.3, -0.25) is 14.4 Å². The van der Waals surface area contributed by atoms with Gasteiger partial charge in [-0.15, -0.1) is 11.8 Å². The lowest BCUT2D eigenvalue weighted by Gasteiger charge is -2.14. The van der Waals surface area contributed by atoms with E-state index in [1.165, 1.54) is 32.1 Å². The lowest BCUT2D eigenvalue weighted by Crippen LogP contribution is -2.30. The van der Waals surface area contributed by atoms with Crippen LogP contribution in [0.25, 0.3) is 6.08 Å². The molecule has 0 fully saturated rings. The van der Waals surface area contributed by atoms with E-state index in [0.29, 0.717) is 34.1 Å². The maximum Gasteiger partial charge on any atom is 0.272 e. The molecule has 0 bridgehead atoms. The summed E-state index contributed by atoms with van der Waals surface area (Å²) in [6.07, 6.45) is 3.14. The Morgan fingerprint density at radius 1 is 0.857 bits per heavy atom. The molecule has 4 aromatic rings. The lowest BCUT2D eigenvalue weighted by atomic mass is 10.1. The van der Waals surface area contributed by atoms with Crippen molar-refractivity contribution in [1.29, 1.82) is 0 Å². The van der Waals surface area contributed by atoms with Crippen molar-refractivity contribution < 1.29 is 23.9 Å². The van der Waals surface area contributed by atoms with Crippen LogP contribution in [0.1, 0.15) is 22.8 Å². The molecule has 1 aromatic heterocycles. The van der Waals surface area contributed by atoms with Crippen LogP contribution in [0.2, 0.25) is 0 Å². The van der Waals surface area contributed by atoms with Crippen LogP contribution in [0, 0.1) is 0 Å². The number of amides is 3. The van der Waals surface area contributed by atoms with Crippen LogP contribution < -0.4 is 25.4 Å². The summed E-state index contributed by atoms with van der Waals surface area (Å²) in [5, 5.41) is 7.96. The largest absolute Gasteiger partial charge is 0.497 e. The minimum Gasteiger partial charge on any atom is -0.497 e. The molecule has 9 nitrogen and oxygen atoms in total. The number of benzene rings is 3. The molecule has 1 unspecified atom stereocenters. The summed E-state index contributed by atoms with van der Waals surface area (Å²) >= 11 is 1.37. The van der Waals surface area contributed by atoms with Crippen molar-refractivity contribution in [1.82, 2.24) is 10.3 Å². The molecule has 42 heavy (non-hydrogen) atoms. The quantitative estimate of drug-likeness (QED) is 0.155. The van der Waals surface area contributed by atoms with E-state index in [-0.39, 0.29) is 16.9 Å². The highest BCUT2D eigenvalue weighted by Crippen LogP contribution is 2.27. The first kappa shape index (κ1) is 29.9. The topological polar surface area (TPSA) is 119 Å². The van der Waals surface area contributed by atoms with Crippen LogP contribution in [0.4, 0.5) is 11.5 Å². The minimum atomic E-state index is -0.535. The summed E-state index contributed by atoms with van der Waals surface area (Å²) in [7, 11) is 3.06. The molecule has 1 heterocycles. The molecule has 0 saturated carbocycles. The molecule has 10 heteroatoms. The van der Waals surface area contributed by atoms with Gasteiger partial charge in [0.15, 0.2) is 0 Å². The van der Waals surface area contributed by atoms with Crippen molar-refractivity contribution in [2.75, 3.05) is 24.9 Å². The van der Waals surface area contributed by atoms with Gasteiger partial charge in [-0.25, -0.2) is 4.98 Å². The molecule has 1 atom stereocenters. The molecule has 3 amide bonds. The predicted octanol–water partition coefficient (Wildman–Crippen LogP) is 5.63. The molecule has 4 rings (SSSR count). The van der Waals surface area contributed by atoms with Gasteiger partial charge in [0.25, 0.3) is 11.8 Å². The molecule has 3 N–H and O–H groups in total. The second-order valence-corrected chi connectivity index (χ2v) is 10.3. The molecular weight excluding hydrogens is 552 g/mol. The first-order chi connectivity index (χ1) is 20.4. The maximum atomic E-state index is 13.4. The van der Waals surface area contributed by atoms with Gasteiger partial charge in [0, 0.05) is 27.9 Å². The Morgan fingerprint density at radius 2 is 1.60 bits per heavy atom. The second-order valence-electron chi connectivity index (χ2n) is 8.93. The van der Waals surface area contributed by atoms with Gasteiger partial charge in [0.05, 0.1) is 19.5 Å². The van der Waals surface area contributed by atoms with Crippen LogP contribution in [0.3, 0.4) is 0 Å². The number of rotatable bonds is 11. The molecule has 3 aromatic carbocycles. The molecule has 0 aliphatic rings. The number of carbonyl (C=O) groups excluding carboxylic acids is 3. The van der Waals surface area contributed by atoms with Crippen LogP contribution in [-0.4, -0.2) is 42.2 Å². The van der Waals surface area contributed by atoms with Gasteiger partial charge in [-0.1, -0.05) is 24.3 Å². The lowest BCUT2D eigenvalue weighted by molar-refractivity contribution is -0.115. The van der Waals surface area contributed by atoms with E-state index in [2.05, 4.69) is 20.9 Å². The second kappa shape index (κ2) is 14.5. The average molecular weight is 583 g/mol. The Bertz CT molecular complexity index is 1560. The fourth-order valence-electron chi connectivity index (χ4n) is 3.79. The normalized spacial score (nSPS) is 11.6. The van der Waals surface area contributed by atoms with Gasteiger partial charge in [-0.2, -0.15) is 0 Å². The molecule has 0 spiro atoms. The van der Waals surface area contributed by atoms with E-state index >= 15 is 0 Å². The Labute approximate surface area is 248 Å². The Morgan fingerprint density at radius 3 is 2.26 bits per heavy atom. The van der Waals surface area contributed by atoms with Crippen molar-refractivity contribution in [3.63, 3.8) is 0 Å². The Kier molecular flexibility index (Phi) is 10.3. The van der Waals surface area contributed by atoms with Crippen LogP contribution in [0.5, 0.6) is 11.5 Å². The number of pyridine rings is 1. The summed E-state index contributed by atoms with van der Waals surface area (Å²) in [6, 6.07) is 26.1. The molecule has 0 radical (unpaired) electrons. The van der Waals surface area contributed by atoms with E-state index in [4.69, 9.17) is 9.47 Å². The number of aromatic nitrogens is 1. The van der Waals surface area contributed by atoms with Crippen molar-refractivity contribution in [2.24, 2.45) is 0 Å². The maximum absolute atomic E-state index is 13.4. The molecule has 0 saturated heterocycles. The van der Waals surface area contributed by atoms with Crippen molar-refractivity contribution in [2.45, 2.75) is 17.1 Å². The number of methoxy groups -OCH3 is 2. The smallest absolute Gasteiger partial charge is 0.272 e. The summed E-state index contributed by atoms with van der Waals surface area (Å²) in [5.74, 6) is 0.400. The van der Waals surface area contributed by atoms with E-state index in [9.17, 15) is 14.4 Å². The monoisotopic (exact) mass is 582 g/mol. The average Bonchev–Trinajstić information content (AvgIpc) is 3.02. The van der Waals surface area contributed by atoms with Crippen LogP contribution >= 0.6 is 11.8 Å². The summed E-state index contributed by atoms with van der Waals surface area (Å²) < 4.78 is 10.8. The zero-order valence-electron chi connectivity index (χ0n) is 23.3. The summed E-state index contributed by atoms with van der Waals surface area (Å²) in [5.41, 5.74) is 1.46. The first-order valence-electron chi connectivity index (χ1n) is 13.0. The predicted molar refractivity (Wildman–Crippen MR) is 165 cm³/mol. The van der Waals surface area contributed by atoms with Gasteiger partial charge in [-0.05, 0) is 79.7 Å². The van der Waals surface area contributed by atoms with Gasteiger partial charge < -0.3 is 25.4 Å². The van der Waals surface area contributed by atoms with E-state index in [1.54, 1.807) is 92.0 Å². The molecule has 0 aliphatic carbocycles. The molecule has 214 valence electrons. The molecular formula is C32H30N4O5S. The SMILES string of the molecule is COc1ccc(OC)c(/C=C(\NC(=O)c2ccccc2)C(=O)Nc2ccc(SC(C)C(=O)Nc3ccccn3)cc2)c1. The first-order valence-corrected chi connectivity index (χ1v) is 13.8. The fraction of sp³-hybridized carbons (Fsp3) is 0.125. The zero-order valence-corrected chi connectivity index (χ0v) is 24.1. The van der Waals surface area contributed by atoms with Crippen LogP contribution in [-0.2, 0) is 9.59 Å². The van der Waals surface area contributed by atoms with Crippen molar-refractivity contribution in [3.8, 4) is 11.5 Å². The number of hydrogen-bond acceptors (Lipinski definition) is 7. The highest BCUT2D eigenvalue weighted by atomic mass is 32.2. The zero-order chi connectivity index (χ0) is 29.9. The fourth-order valence-corrected chi connectivity index (χ4v) is 4.66. The van der Waals surface area contributed by atoms with E-state index < -0.39 is 11.8 Å². The van der Waals surface area contributed by atoms with Crippen molar-refractivity contribution in [3.05, 3.63) is 114 Å². The Hall–Kier alpha value is -5.09. The van der Waals surface area contributed by atoms with E-state index in [1.807, 2.05) is 12.1 Å². The number of hydrogen-bond donors (Lipinski definition) is 3. The standard InChI is InChI=1S/C32H30N4O5S/c1-21(30(37)36-29-11-7-8-18-33-29)42-26-15-12-24(13-16-26)34-32(39)27(35-31(38)22-9-5-4-6-10-22)20-23-19-25(40-2)14-17-28(23)41-3/h4-21H,1-3H3,(H,34,39)(H,35,38)(H,33,36,37)/b27-20-. The van der Waals surface area contributed by atoms with E-state index in [0.717, 1.165) is 4.90 Å². The number of anilines is 2. The number of nitrogens with one attached hydrogen (secondary N) is 3.